The number of anilines is 1. The molecule has 11 heteroatoms. The lowest BCUT2D eigenvalue weighted by Crippen LogP contribution is -2.21. The van der Waals surface area contributed by atoms with Crippen molar-refractivity contribution < 1.29 is 23.8 Å². The molecule has 1 aromatic carbocycles. The summed E-state index contributed by atoms with van der Waals surface area (Å²) in [5.41, 5.74) is 1.51. The average molecular weight is 442 g/mol. The third kappa shape index (κ3) is 5.89. The van der Waals surface area contributed by atoms with Gasteiger partial charge in [-0.2, -0.15) is 0 Å². The van der Waals surface area contributed by atoms with Gasteiger partial charge in [0, 0.05) is 35.3 Å². The van der Waals surface area contributed by atoms with Crippen molar-refractivity contribution in [3.05, 3.63) is 75.3 Å². The molecular formula is C20H18N4O6S. The Morgan fingerprint density at radius 2 is 2.06 bits per heavy atom. The third-order valence-electron chi connectivity index (χ3n) is 4.05. The molecule has 0 radical (unpaired) electrons. The normalized spacial score (nSPS) is 10.5. The molecule has 0 unspecified atom stereocenters. The number of carbonyl (C=O) groups is 2. The zero-order valence-corrected chi connectivity index (χ0v) is 17.5. The van der Waals surface area contributed by atoms with Crippen LogP contribution in [0.5, 0.6) is 0 Å². The van der Waals surface area contributed by atoms with Crippen LogP contribution in [0.1, 0.15) is 27.4 Å². The van der Waals surface area contributed by atoms with Gasteiger partial charge in [0.05, 0.1) is 16.2 Å². The van der Waals surface area contributed by atoms with Gasteiger partial charge in [0.15, 0.2) is 6.61 Å². The standard InChI is InChI=1S/C20H18N4O6S/c1-12-5-6-14(9-17(12)24(27)28)22-18(25)10-29-20(26)16-4-3-7-21-19(16)31-11-15-8-13(2)30-23-15/h3-9H,10-11H2,1-2H3,(H,22,25). The molecule has 0 spiro atoms. The summed E-state index contributed by atoms with van der Waals surface area (Å²) < 4.78 is 10.1. The Hall–Kier alpha value is -3.73. The Bertz CT molecular complexity index is 1130. The number of benzene rings is 1. The van der Waals surface area contributed by atoms with Crippen LogP contribution < -0.4 is 5.32 Å². The second-order valence-electron chi connectivity index (χ2n) is 6.46. The lowest BCUT2D eigenvalue weighted by molar-refractivity contribution is -0.385. The van der Waals surface area contributed by atoms with Gasteiger partial charge in [-0.05, 0) is 32.0 Å². The molecule has 2 aromatic heterocycles. The maximum absolute atomic E-state index is 12.4. The van der Waals surface area contributed by atoms with E-state index in [2.05, 4.69) is 15.5 Å². The van der Waals surface area contributed by atoms with Crippen molar-refractivity contribution in [2.45, 2.75) is 24.6 Å². The first kappa shape index (κ1) is 22.0. The number of hydrogen-bond donors (Lipinski definition) is 1. The zero-order chi connectivity index (χ0) is 22.4. The molecule has 2 heterocycles. The fourth-order valence-corrected chi connectivity index (χ4v) is 3.44. The van der Waals surface area contributed by atoms with E-state index in [0.29, 0.717) is 27.8 Å². The number of nitro benzene ring substituents is 1. The van der Waals surface area contributed by atoms with Gasteiger partial charge in [-0.1, -0.05) is 23.0 Å². The van der Waals surface area contributed by atoms with E-state index in [1.165, 1.54) is 30.0 Å². The van der Waals surface area contributed by atoms with E-state index in [0.717, 1.165) is 0 Å². The number of nitrogens with one attached hydrogen (secondary N) is 1. The molecule has 0 saturated carbocycles. The summed E-state index contributed by atoms with van der Waals surface area (Å²) in [5.74, 6) is -0.206. The SMILES string of the molecule is Cc1cc(CSc2ncccc2C(=O)OCC(=O)Nc2ccc(C)c([N+](=O)[O-])c2)no1. The smallest absolute Gasteiger partial charge is 0.341 e. The predicted octanol–water partition coefficient (Wildman–Crippen LogP) is 3.68. The minimum Gasteiger partial charge on any atom is -0.452 e. The Kier molecular flexibility index (Phi) is 6.98. The number of aromatic nitrogens is 2. The molecule has 0 bridgehead atoms. The first-order chi connectivity index (χ1) is 14.8. The van der Waals surface area contributed by atoms with Crippen LogP contribution in [0.15, 0.2) is 52.1 Å². The molecule has 10 nitrogen and oxygen atoms in total. The van der Waals surface area contributed by atoms with Crippen LogP contribution in [0, 0.1) is 24.0 Å². The zero-order valence-electron chi connectivity index (χ0n) is 16.7. The number of amides is 1. The van der Waals surface area contributed by atoms with Gasteiger partial charge in [0.2, 0.25) is 0 Å². The first-order valence-corrected chi connectivity index (χ1v) is 10.0. The van der Waals surface area contributed by atoms with Gasteiger partial charge >= 0.3 is 5.97 Å². The van der Waals surface area contributed by atoms with Crippen molar-refractivity contribution in [2.75, 3.05) is 11.9 Å². The topological polar surface area (TPSA) is 137 Å². The van der Waals surface area contributed by atoms with Crippen LogP contribution in [0.2, 0.25) is 0 Å². The van der Waals surface area contributed by atoms with Crippen molar-refractivity contribution >= 4 is 35.0 Å². The number of ether oxygens (including phenoxy) is 1. The molecule has 160 valence electrons. The Labute approximate surface area is 181 Å². The minimum absolute atomic E-state index is 0.117. The number of nitrogens with zero attached hydrogens (tertiary/aromatic N) is 3. The second kappa shape index (κ2) is 9.85. The third-order valence-corrected chi connectivity index (χ3v) is 5.09. The number of hydrogen-bond acceptors (Lipinski definition) is 9. The summed E-state index contributed by atoms with van der Waals surface area (Å²) in [6.45, 7) is 2.82. The van der Waals surface area contributed by atoms with Gasteiger partial charge in [0.25, 0.3) is 11.6 Å². The van der Waals surface area contributed by atoms with E-state index in [9.17, 15) is 19.7 Å². The maximum Gasteiger partial charge on any atom is 0.341 e. The molecule has 0 fully saturated rings. The molecule has 0 atom stereocenters. The van der Waals surface area contributed by atoms with Crippen molar-refractivity contribution in [3.63, 3.8) is 0 Å². The molecule has 0 aliphatic rings. The van der Waals surface area contributed by atoms with Crippen LogP contribution in [0.25, 0.3) is 0 Å². The van der Waals surface area contributed by atoms with Crippen molar-refractivity contribution in [1.29, 1.82) is 0 Å². The number of pyridine rings is 1. The highest BCUT2D eigenvalue weighted by Gasteiger charge is 2.17. The largest absolute Gasteiger partial charge is 0.452 e. The fraction of sp³-hybridized carbons (Fsp3) is 0.200. The van der Waals surface area contributed by atoms with E-state index in [1.54, 1.807) is 38.2 Å². The number of aryl methyl sites for hydroxylation is 2. The summed E-state index contributed by atoms with van der Waals surface area (Å²) in [6.07, 6.45) is 1.55. The summed E-state index contributed by atoms with van der Waals surface area (Å²) >= 11 is 1.29. The monoisotopic (exact) mass is 442 g/mol. The Morgan fingerprint density at radius 3 is 2.77 bits per heavy atom. The molecule has 31 heavy (non-hydrogen) atoms. The number of esters is 1. The van der Waals surface area contributed by atoms with Crippen LogP contribution in [-0.4, -0.2) is 33.5 Å². The molecule has 0 saturated heterocycles. The summed E-state index contributed by atoms with van der Waals surface area (Å²) in [6, 6.07) is 9.22. The van der Waals surface area contributed by atoms with Gasteiger partial charge in [-0.3, -0.25) is 14.9 Å². The van der Waals surface area contributed by atoms with E-state index in [1.807, 2.05) is 0 Å². The van der Waals surface area contributed by atoms with Crippen LogP contribution in [0.3, 0.4) is 0 Å². The number of rotatable bonds is 8. The fourth-order valence-electron chi connectivity index (χ4n) is 2.58. The van der Waals surface area contributed by atoms with Gasteiger partial charge in [-0.25, -0.2) is 9.78 Å². The maximum atomic E-state index is 12.4. The summed E-state index contributed by atoms with van der Waals surface area (Å²) in [5, 5.41) is 17.8. The molecular weight excluding hydrogens is 424 g/mol. The number of carbonyl (C=O) groups excluding carboxylic acids is 2. The van der Waals surface area contributed by atoms with Gasteiger partial charge < -0.3 is 14.6 Å². The highest BCUT2D eigenvalue weighted by atomic mass is 32.2. The van der Waals surface area contributed by atoms with E-state index < -0.39 is 23.4 Å². The quantitative estimate of drug-likeness (QED) is 0.239. The lowest BCUT2D eigenvalue weighted by atomic mass is 10.2. The Balaban J connectivity index is 1.58. The number of thioether (sulfide) groups is 1. The molecule has 1 N–H and O–H groups in total. The summed E-state index contributed by atoms with van der Waals surface area (Å²) in [4.78, 5) is 39.2. The summed E-state index contributed by atoms with van der Waals surface area (Å²) in [7, 11) is 0. The minimum atomic E-state index is -0.711. The number of nitro groups is 1. The van der Waals surface area contributed by atoms with Crippen LogP contribution in [0.4, 0.5) is 11.4 Å². The highest BCUT2D eigenvalue weighted by molar-refractivity contribution is 7.98. The molecule has 3 rings (SSSR count). The van der Waals surface area contributed by atoms with Crippen molar-refractivity contribution in [2.24, 2.45) is 0 Å². The second-order valence-corrected chi connectivity index (χ2v) is 7.42. The molecule has 0 aliphatic heterocycles. The molecule has 1 amide bonds. The lowest BCUT2D eigenvalue weighted by Gasteiger charge is -2.09. The van der Waals surface area contributed by atoms with E-state index in [4.69, 9.17) is 9.26 Å². The van der Waals surface area contributed by atoms with Crippen molar-refractivity contribution in [3.8, 4) is 0 Å². The van der Waals surface area contributed by atoms with Gasteiger partial charge in [-0.15, -0.1) is 0 Å². The highest BCUT2D eigenvalue weighted by Crippen LogP contribution is 2.25. The van der Waals surface area contributed by atoms with Crippen LogP contribution >= 0.6 is 11.8 Å². The molecule has 0 aliphatic carbocycles. The Morgan fingerprint density at radius 1 is 1.26 bits per heavy atom. The van der Waals surface area contributed by atoms with E-state index >= 15 is 0 Å². The first-order valence-electron chi connectivity index (χ1n) is 9.05. The molecule has 3 aromatic rings. The van der Waals surface area contributed by atoms with Gasteiger partial charge in [0.1, 0.15) is 10.8 Å². The average Bonchev–Trinajstić information content (AvgIpc) is 3.17. The van der Waals surface area contributed by atoms with Crippen LogP contribution in [-0.2, 0) is 15.3 Å². The predicted molar refractivity (Wildman–Crippen MR) is 112 cm³/mol. The van der Waals surface area contributed by atoms with E-state index in [-0.39, 0.29) is 16.9 Å². The van der Waals surface area contributed by atoms with Crippen molar-refractivity contribution in [1.82, 2.24) is 10.1 Å².